The third kappa shape index (κ3) is 6.10. The Hall–Kier alpha value is -4.22. The van der Waals surface area contributed by atoms with E-state index in [1.54, 1.807) is 38.5 Å². The Labute approximate surface area is 233 Å². The van der Waals surface area contributed by atoms with Crippen molar-refractivity contribution >= 4 is 39.1 Å². The zero-order valence-electron chi connectivity index (χ0n) is 22.0. The maximum absolute atomic E-state index is 13.6. The standard InChI is InChI=1S/C33H30ClNO4/c1-37-31-16-11-23(19-32(31)38-2)17-18-35(33(36)22-39-27-14-12-26(34)13-15-27)21-30-28-9-5-3-7-24(28)20-25-8-4-6-10-29(25)30/h3-16,19-20H,17-18,21-22H2,1-2H3. The number of carbonyl (C=O) groups is 1. The first kappa shape index (κ1) is 26.4. The fourth-order valence-corrected chi connectivity index (χ4v) is 4.95. The molecule has 6 heteroatoms. The summed E-state index contributed by atoms with van der Waals surface area (Å²) in [5.41, 5.74) is 2.17. The minimum Gasteiger partial charge on any atom is -0.493 e. The molecule has 0 saturated heterocycles. The lowest BCUT2D eigenvalue weighted by atomic mass is 9.96. The van der Waals surface area contributed by atoms with Crippen LogP contribution in [0, 0.1) is 0 Å². The van der Waals surface area contributed by atoms with Crippen LogP contribution in [0.25, 0.3) is 21.5 Å². The monoisotopic (exact) mass is 539 g/mol. The molecule has 0 aliphatic carbocycles. The Morgan fingerprint density at radius 3 is 2.05 bits per heavy atom. The molecule has 0 atom stereocenters. The number of rotatable bonds is 10. The third-order valence-corrected chi connectivity index (χ3v) is 7.13. The van der Waals surface area contributed by atoms with Gasteiger partial charge in [0.05, 0.1) is 14.2 Å². The molecule has 0 bridgehead atoms. The van der Waals surface area contributed by atoms with Gasteiger partial charge in [0.2, 0.25) is 0 Å². The smallest absolute Gasteiger partial charge is 0.260 e. The van der Waals surface area contributed by atoms with Crippen molar-refractivity contribution in [2.75, 3.05) is 27.4 Å². The second-order valence-electron chi connectivity index (χ2n) is 9.29. The molecule has 5 rings (SSSR count). The maximum Gasteiger partial charge on any atom is 0.260 e. The number of methoxy groups -OCH3 is 2. The minimum atomic E-state index is -0.0950. The van der Waals surface area contributed by atoms with Crippen LogP contribution in [0.2, 0.25) is 5.02 Å². The van der Waals surface area contributed by atoms with Crippen molar-refractivity contribution < 1.29 is 19.0 Å². The predicted molar refractivity (Wildman–Crippen MR) is 157 cm³/mol. The van der Waals surface area contributed by atoms with Crippen molar-refractivity contribution in [1.29, 1.82) is 0 Å². The summed E-state index contributed by atoms with van der Waals surface area (Å²) in [7, 11) is 3.24. The van der Waals surface area contributed by atoms with E-state index in [0.717, 1.165) is 32.7 Å². The molecular formula is C33H30ClNO4. The SMILES string of the molecule is COc1ccc(CCN(Cc2c3ccccc3cc3ccccc23)C(=O)COc2ccc(Cl)cc2)cc1OC. The topological polar surface area (TPSA) is 48.0 Å². The second-order valence-corrected chi connectivity index (χ2v) is 9.73. The van der Waals surface area contributed by atoms with E-state index in [-0.39, 0.29) is 12.5 Å². The van der Waals surface area contributed by atoms with Gasteiger partial charge < -0.3 is 19.1 Å². The summed E-state index contributed by atoms with van der Waals surface area (Å²) in [6, 6.07) is 31.7. The fourth-order valence-electron chi connectivity index (χ4n) is 4.83. The molecule has 5 nitrogen and oxygen atoms in total. The first-order valence-electron chi connectivity index (χ1n) is 12.8. The number of hydrogen-bond acceptors (Lipinski definition) is 4. The van der Waals surface area contributed by atoms with Gasteiger partial charge in [-0.25, -0.2) is 0 Å². The van der Waals surface area contributed by atoms with E-state index >= 15 is 0 Å². The van der Waals surface area contributed by atoms with E-state index in [1.807, 2.05) is 47.4 Å². The number of nitrogens with zero attached hydrogens (tertiary/aromatic N) is 1. The average Bonchev–Trinajstić information content (AvgIpc) is 2.98. The Kier molecular flexibility index (Phi) is 8.18. The van der Waals surface area contributed by atoms with Crippen molar-refractivity contribution in [2.45, 2.75) is 13.0 Å². The summed E-state index contributed by atoms with van der Waals surface area (Å²) in [6.07, 6.45) is 0.649. The van der Waals surface area contributed by atoms with E-state index < -0.39 is 0 Å². The summed E-state index contributed by atoms with van der Waals surface area (Å²) >= 11 is 6.00. The summed E-state index contributed by atoms with van der Waals surface area (Å²) in [5.74, 6) is 1.84. The Morgan fingerprint density at radius 1 is 0.769 bits per heavy atom. The number of hydrogen-bond donors (Lipinski definition) is 0. The van der Waals surface area contributed by atoms with Gasteiger partial charge >= 0.3 is 0 Å². The molecule has 0 saturated carbocycles. The molecule has 0 aliphatic rings. The highest BCUT2D eigenvalue weighted by Crippen LogP contribution is 2.31. The van der Waals surface area contributed by atoms with E-state index in [2.05, 4.69) is 30.3 Å². The highest BCUT2D eigenvalue weighted by molar-refractivity contribution is 6.30. The van der Waals surface area contributed by atoms with E-state index in [9.17, 15) is 4.79 Å². The van der Waals surface area contributed by atoms with E-state index in [1.165, 1.54) is 0 Å². The van der Waals surface area contributed by atoms with Crippen LogP contribution < -0.4 is 14.2 Å². The Balaban J connectivity index is 1.45. The molecule has 5 aromatic rings. The van der Waals surface area contributed by atoms with Crippen LogP contribution in [-0.4, -0.2) is 38.2 Å². The van der Waals surface area contributed by atoms with Crippen molar-refractivity contribution in [3.63, 3.8) is 0 Å². The molecule has 198 valence electrons. The highest BCUT2D eigenvalue weighted by atomic mass is 35.5. The van der Waals surface area contributed by atoms with Crippen LogP contribution in [0.3, 0.4) is 0 Å². The number of amides is 1. The highest BCUT2D eigenvalue weighted by Gasteiger charge is 2.19. The summed E-state index contributed by atoms with van der Waals surface area (Å²) in [4.78, 5) is 15.5. The molecule has 1 amide bonds. The maximum atomic E-state index is 13.6. The van der Waals surface area contributed by atoms with Gasteiger partial charge in [0.15, 0.2) is 18.1 Å². The van der Waals surface area contributed by atoms with Crippen molar-refractivity contribution in [2.24, 2.45) is 0 Å². The molecule has 0 aliphatic heterocycles. The van der Waals surface area contributed by atoms with Gasteiger partial charge in [0, 0.05) is 18.1 Å². The van der Waals surface area contributed by atoms with Gasteiger partial charge in [-0.2, -0.15) is 0 Å². The molecule has 39 heavy (non-hydrogen) atoms. The van der Waals surface area contributed by atoms with Gasteiger partial charge in [0.25, 0.3) is 5.91 Å². The quantitative estimate of drug-likeness (QED) is 0.174. The molecular weight excluding hydrogens is 510 g/mol. The third-order valence-electron chi connectivity index (χ3n) is 6.88. The minimum absolute atomic E-state index is 0.0732. The molecule has 0 aromatic heterocycles. The van der Waals surface area contributed by atoms with Gasteiger partial charge in [-0.3, -0.25) is 4.79 Å². The predicted octanol–water partition coefficient (Wildman–Crippen LogP) is 7.31. The first-order chi connectivity index (χ1) is 19.1. The molecule has 0 radical (unpaired) electrons. The molecule has 0 N–H and O–H groups in total. The second kappa shape index (κ2) is 12.1. The molecule has 0 unspecified atom stereocenters. The zero-order chi connectivity index (χ0) is 27.2. The zero-order valence-corrected chi connectivity index (χ0v) is 22.8. The number of benzene rings is 5. The van der Waals surface area contributed by atoms with E-state index in [0.29, 0.717) is 41.8 Å². The molecule has 0 heterocycles. The lowest BCUT2D eigenvalue weighted by molar-refractivity contribution is -0.133. The Bertz CT molecular complexity index is 1550. The van der Waals surface area contributed by atoms with Gasteiger partial charge in [-0.05, 0) is 81.6 Å². The first-order valence-corrected chi connectivity index (χ1v) is 13.2. The normalized spacial score (nSPS) is 10.9. The van der Waals surface area contributed by atoms with Gasteiger partial charge in [0.1, 0.15) is 5.75 Å². The van der Waals surface area contributed by atoms with Gasteiger partial charge in [-0.1, -0.05) is 66.2 Å². The van der Waals surface area contributed by atoms with Crippen LogP contribution >= 0.6 is 11.6 Å². The van der Waals surface area contributed by atoms with Crippen LogP contribution in [-0.2, 0) is 17.8 Å². The molecule has 0 spiro atoms. The van der Waals surface area contributed by atoms with Gasteiger partial charge in [-0.15, -0.1) is 0 Å². The summed E-state index contributed by atoms with van der Waals surface area (Å²) < 4.78 is 16.7. The van der Waals surface area contributed by atoms with Crippen LogP contribution in [0.5, 0.6) is 17.2 Å². The largest absolute Gasteiger partial charge is 0.493 e. The number of ether oxygens (including phenoxy) is 3. The fraction of sp³-hybridized carbons (Fsp3) is 0.182. The summed E-state index contributed by atoms with van der Waals surface area (Å²) in [6.45, 7) is 0.893. The lowest BCUT2D eigenvalue weighted by Crippen LogP contribution is -2.36. The lowest BCUT2D eigenvalue weighted by Gasteiger charge is -2.25. The molecule has 5 aromatic carbocycles. The Morgan fingerprint density at radius 2 is 1.41 bits per heavy atom. The number of halogens is 1. The van der Waals surface area contributed by atoms with E-state index in [4.69, 9.17) is 25.8 Å². The number of carbonyl (C=O) groups excluding carboxylic acids is 1. The van der Waals surface area contributed by atoms with Crippen LogP contribution in [0.15, 0.2) is 97.1 Å². The number of fused-ring (bicyclic) bond motifs is 2. The van der Waals surface area contributed by atoms with Crippen LogP contribution in [0.1, 0.15) is 11.1 Å². The molecule has 0 fully saturated rings. The summed E-state index contributed by atoms with van der Waals surface area (Å²) in [5, 5.41) is 5.19. The average molecular weight is 540 g/mol. The van der Waals surface area contributed by atoms with Crippen molar-refractivity contribution in [3.05, 3.63) is 113 Å². The van der Waals surface area contributed by atoms with Crippen molar-refractivity contribution in [3.8, 4) is 17.2 Å². The van der Waals surface area contributed by atoms with Crippen molar-refractivity contribution in [1.82, 2.24) is 4.90 Å². The van der Waals surface area contributed by atoms with Crippen LogP contribution in [0.4, 0.5) is 0 Å².